The maximum atomic E-state index is 13.0. The van der Waals surface area contributed by atoms with Crippen LogP contribution in [0.15, 0.2) is 41.2 Å². The van der Waals surface area contributed by atoms with E-state index >= 15 is 0 Å². The molecular weight excluding hydrogens is 450 g/mol. The molecule has 7 nitrogen and oxygen atoms in total. The number of piperidine rings is 1. The summed E-state index contributed by atoms with van der Waals surface area (Å²) in [5.74, 6) is 0.146. The molecule has 0 atom stereocenters. The van der Waals surface area contributed by atoms with Gasteiger partial charge in [0.1, 0.15) is 0 Å². The molecule has 1 fully saturated rings. The number of carbonyl (C=O) groups is 2. The van der Waals surface area contributed by atoms with Crippen molar-refractivity contribution in [3.8, 4) is 0 Å². The minimum Gasteiger partial charge on any atom is -0.361 e. The number of hydrogen-bond acceptors (Lipinski definition) is 4. The monoisotopic (exact) mass is 487 g/mol. The zero-order valence-corrected chi connectivity index (χ0v) is 22.1. The zero-order chi connectivity index (χ0) is 26.1. The Morgan fingerprint density at radius 2 is 1.86 bits per heavy atom. The van der Waals surface area contributed by atoms with Gasteiger partial charge in [0, 0.05) is 43.2 Å². The van der Waals surface area contributed by atoms with Gasteiger partial charge in [0.2, 0.25) is 5.91 Å². The number of carbonyl (C=O) groups excluding carboxylic acids is 2. The number of rotatable bonds is 5. The summed E-state index contributed by atoms with van der Waals surface area (Å²) in [5, 5.41) is 3.10. The second kappa shape index (κ2) is 10.0. The molecule has 2 amide bonds. The number of allylic oxidation sites excluding steroid dienone is 3. The second-order valence-electron chi connectivity index (χ2n) is 11.2. The van der Waals surface area contributed by atoms with Crippen LogP contribution in [0.2, 0.25) is 0 Å². The summed E-state index contributed by atoms with van der Waals surface area (Å²) >= 11 is 0. The van der Waals surface area contributed by atoms with Gasteiger partial charge in [-0.1, -0.05) is 38.6 Å². The summed E-state index contributed by atoms with van der Waals surface area (Å²) in [7, 11) is 4.22. The van der Waals surface area contributed by atoms with Gasteiger partial charge in [-0.2, -0.15) is 0 Å². The fourth-order valence-corrected chi connectivity index (χ4v) is 5.54. The van der Waals surface area contributed by atoms with Crippen molar-refractivity contribution >= 4 is 28.8 Å². The lowest BCUT2D eigenvalue weighted by Crippen LogP contribution is -2.51. The van der Waals surface area contributed by atoms with Gasteiger partial charge >= 0.3 is 0 Å². The van der Waals surface area contributed by atoms with Gasteiger partial charge < -0.3 is 15.1 Å². The average molecular weight is 488 g/mol. The first kappa shape index (κ1) is 25.8. The van der Waals surface area contributed by atoms with Crippen molar-refractivity contribution in [1.82, 2.24) is 9.80 Å². The van der Waals surface area contributed by atoms with Gasteiger partial charge in [-0.05, 0) is 74.9 Å². The van der Waals surface area contributed by atoms with Crippen molar-refractivity contribution < 1.29 is 9.59 Å². The summed E-state index contributed by atoms with van der Waals surface area (Å²) in [4.78, 5) is 36.7. The fraction of sp³-hybridized carbons (Fsp3) is 0.517. The van der Waals surface area contributed by atoms with Crippen LogP contribution in [0.4, 0.5) is 5.69 Å². The van der Waals surface area contributed by atoms with E-state index in [2.05, 4.69) is 66.2 Å². The molecule has 1 saturated heterocycles. The number of anilines is 1. The predicted octanol–water partition coefficient (Wildman–Crippen LogP) is 5.22. The van der Waals surface area contributed by atoms with Crippen LogP contribution in [-0.4, -0.2) is 54.5 Å². The lowest BCUT2D eigenvalue weighted by atomic mass is 9.75. The Bertz CT molecular complexity index is 1190. The van der Waals surface area contributed by atoms with Crippen LogP contribution in [0.25, 0.3) is 10.4 Å². The number of nitrogens with zero attached hydrogens (tertiary/aromatic N) is 4. The topological polar surface area (TPSA) is 69.4 Å². The van der Waals surface area contributed by atoms with E-state index in [0.717, 1.165) is 56.4 Å². The standard InChI is InChI=1S/C29H37N5O2/c1-20(35)34-17-15-29(16-18-34,33(5)6)22-7-8-24(32-27(36)25-9-10-26(30-4)31-25)23(19-22)21-11-13-28(2,3)14-12-21/h7-8,10-11,19H,9,12-18H2,1-3,5-6H3,(H,32,36). The summed E-state index contributed by atoms with van der Waals surface area (Å²) in [6.45, 7) is 14.8. The highest BCUT2D eigenvalue weighted by molar-refractivity contribution is 6.44. The number of nitrogens with one attached hydrogen (secondary N) is 1. The van der Waals surface area contributed by atoms with E-state index in [-0.39, 0.29) is 28.6 Å². The van der Waals surface area contributed by atoms with E-state index in [1.165, 1.54) is 11.1 Å². The molecule has 0 radical (unpaired) electrons. The first-order chi connectivity index (χ1) is 17.0. The lowest BCUT2D eigenvalue weighted by molar-refractivity contribution is -0.131. The molecule has 1 aromatic carbocycles. The fourth-order valence-electron chi connectivity index (χ4n) is 5.54. The molecule has 0 aromatic heterocycles. The lowest BCUT2D eigenvalue weighted by Gasteiger charge is -2.46. The van der Waals surface area contributed by atoms with Crippen molar-refractivity contribution in [3.63, 3.8) is 0 Å². The number of hydrogen-bond donors (Lipinski definition) is 1. The van der Waals surface area contributed by atoms with Crippen LogP contribution in [0.3, 0.4) is 0 Å². The van der Waals surface area contributed by atoms with Gasteiger partial charge in [-0.15, -0.1) is 4.99 Å². The Kier molecular flexibility index (Phi) is 7.19. The molecular formula is C29H37N5O2. The van der Waals surface area contributed by atoms with Crippen LogP contribution in [0, 0.1) is 12.0 Å². The van der Waals surface area contributed by atoms with Crippen molar-refractivity contribution in [2.75, 3.05) is 32.5 Å². The molecule has 0 saturated carbocycles. The van der Waals surface area contributed by atoms with Crippen LogP contribution in [0.5, 0.6) is 0 Å². The molecule has 190 valence electrons. The van der Waals surface area contributed by atoms with Crippen LogP contribution in [0.1, 0.15) is 70.4 Å². The number of amides is 2. The Morgan fingerprint density at radius 3 is 2.42 bits per heavy atom. The highest BCUT2D eigenvalue weighted by atomic mass is 16.2. The van der Waals surface area contributed by atoms with E-state index in [1.807, 2.05) is 11.0 Å². The first-order valence-corrected chi connectivity index (χ1v) is 12.8. The minimum absolute atomic E-state index is 0.127. The minimum atomic E-state index is -0.257. The summed E-state index contributed by atoms with van der Waals surface area (Å²) < 4.78 is 0. The zero-order valence-electron chi connectivity index (χ0n) is 22.1. The Hall–Kier alpha value is -3.24. The smallest absolute Gasteiger partial charge is 0.293 e. The molecule has 2 heterocycles. The van der Waals surface area contributed by atoms with Crippen LogP contribution in [-0.2, 0) is 15.1 Å². The van der Waals surface area contributed by atoms with Crippen molar-refractivity contribution in [3.05, 3.63) is 58.7 Å². The van der Waals surface area contributed by atoms with Gasteiger partial charge in [-0.3, -0.25) is 14.5 Å². The first-order valence-electron chi connectivity index (χ1n) is 12.8. The van der Waals surface area contributed by atoms with E-state index in [9.17, 15) is 9.59 Å². The van der Waals surface area contributed by atoms with Crippen LogP contribution >= 0.6 is 0 Å². The van der Waals surface area contributed by atoms with E-state index < -0.39 is 0 Å². The average Bonchev–Trinajstić information content (AvgIpc) is 3.34. The third-order valence-electron chi connectivity index (χ3n) is 8.12. The maximum Gasteiger partial charge on any atom is 0.293 e. The van der Waals surface area contributed by atoms with Gasteiger partial charge in [0.25, 0.3) is 11.7 Å². The van der Waals surface area contributed by atoms with Crippen LogP contribution < -0.4 is 5.32 Å². The predicted molar refractivity (Wildman–Crippen MR) is 144 cm³/mol. The van der Waals surface area contributed by atoms with Crippen molar-refractivity contribution in [2.45, 2.75) is 64.8 Å². The molecule has 2 aliphatic heterocycles. The van der Waals surface area contributed by atoms with E-state index in [0.29, 0.717) is 12.1 Å². The SMILES string of the molecule is [C-]#[N+]C1=CCC(C(=O)Nc2ccc(C3(N(C)C)CCN(C(C)=O)CC3)cc2C2=CCC(C)(C)CC2)=N1. The molecule has 0 bridgehead atoms. The second-order valence-corrected chi connectivity index (χ2v) is 11.2. The van der Waals surface area contributed by atoms with Crippen molar-refractivity contribution in [1.29, 1.82) is 0 Å². The van der Waals surface area contributed by atoms with E-state index in [4.69, 9.17) is 6.57 Å². The Labute approximate surface area is 214 Å². The Morgan fingerprint density at radius 1 is 1.14 bits per heavy atom. The highest BCUT2D eigenvalue weighted by Crippen LogP contribution is 2.43. The number of likely N-dealkylation sites (tertiary alicyclic amines) is 1. The molecule has 0 spiro atoms. The number of aliphatic imine (C=N–C) groups is 1. The Balaban J connectivity index is 1.70. The molecule has 3 aliphatic rings. The van der Waals surface area contributed by atoms with Gasteiger partial charge in [0.05, 0.1) is 0 Å². The molecule has 1 aliphatic carbocycles. The molecule has 1 N–H and O–H groups in total. The largest absolute Gasteiger partial charge is 0.361 e. The molecule has 7 heteroatoms. The highest BCUT2D eigenvalue weighted by Gasteiger charge is 2.39. The summed E-state index contributed by atoms with van der Waals surface area (Å²) in [5.41, 5.74) is 4.78. The van der Waals surface area contributed by atoms with Crippen molar-refractivity contribution in [2.24, 2.45) is 10.4 Å². The maximum absolute atomic E-state index is 13.0. The summed E-state index contributed by atoms with van der Waals surface area (Å²) in [6.07, 6.45) is 9.15. The molecule has 1 aromatic rings. The van der Waals surface area contributed by atoms with Gasteiger partial charge in [0.15, 0.2) is 5.71 Å². The normalized spacial score (nSPS) is 20.8. The number of benzene rings is 1. The third kappa shape index (κ3) is 5.15. The molecule has 0 unspecified atom stereocenters. The molecule has 36 heavy (non-hydrogen) atoms. The van der Waals surface area contributed by atoms with Gasteiger partial charge in [-0.25, -0.2) is 0 Å². The quantitative estimate of drug-likeness (QED) is 0.579. The third-order valence-corrected chi connectivity index (χ3v) is 8.12. The summed E-state index contributed by atoms with van der Waals surface area (Å²) in [6, 6.07) is 6.39. The molecule has 4 rings (SSSR count). The van der Waals surface area contributed by atoms with E-state index in [1.54, 1.807) is 13.0 Å².